The van der Waals surface area contributed by atoms with Crippen molar-refractivity contribution in [3.05, 3.63) is 38.9 Å². The van der Waals surface area contributed by atoms with Crippen molar-refractivity contribution in [3.8, 4) is 0 Å². The summed E-state index contributed by atoms with van der Waals surface area (Å²) in [5.41, 5.74) is 1.08. The normalized spacial score (nSPS) is 18.3. The number of nitrogens with zero attached hydrogens (tertiary/aromatic N) is 2. The number of hydrogen-bond acceptors (Lipinski definition) is 3. The van der Waals surface area contributed by atoms with E-state index in [2.05, 4.69) is 11.9 Å². The molecule has 2 aromatic rings. The van der Waals surface area contributed by atoms with E-state index in [0.29, 0.717) is 27.3 Å². The second kappa shape index (κ2) is 6.28. The zero-order chi connectivity index (χ0) is 16.6. The van der Waals surface area contributed by atoms with Crippen LogP contribution in [0.1, 0.15) is 43.0 Å². The summed E-state index contributed by atoms with van der Waals surface area (Å²) >= 11 is 5.15. The Morgan fingerprint density at radius 1 is 1.39 bits per heavy atom. The lowest BCUT2D eigenvalue weighted by atomic mass is 9.98. The summed E-state index contributed by atoms with van der Waals surface area (Å²) in [6.45, 7) is 2.93. The largest absolute Gasteiger partial charge is 0.336 e. The number of H-pyrrole nitrogens is 1. The van der Waals surface area contributed by atoms with Crippen molar-refractivity contribution in [2.75, 3.05) is 6.54 Å². The van der Waals surface area contributed by atoms with E-state index < -0.39 is 0 Å². The van der Waals surface area contributed by atoms with Gasteiger partial charge in [-0.25, -0.2) is 0 Å². The first kappa shape index (κ1) is 15.9. The molecule has 1 saturated heterocycles. The highest BCUT2D eigenvalue weighted by atomic mass is 32.1. The Morgan fingerprint density at radius 3 is 2.91 bits per heavy atom. The lowest BCUT2D eigenvalue weighted by molar-refractivity contribution is 0.0608. The highest BCUT2D eigenvalue weighted by Crippen LogP contribution is 2.22. The van der Waals surface area contributed by atoms with Crippen LogP contribution >= 0.6 is 12.2 Å². The average Bonchev–Trinajstić information content (AvgIpc) is 2.58. The topological polar surface area (TPSA) is 58.1 Å². The SMILES string of the molecule is CCC1CCCCN1C(=O)c1ccc2c(=O)n(C)c(=S)[nH]c2c1. The van der Waals surface area contributed by atoms with Crippen LogP contribution in [0, 0.1) is 4.77 Å². The van der Waals surface area contributed by atoms with Gasteiger partial charge in [0.1, 0.15) is 0 Å². The van der Waals surface area contributed by atoms with Crippen molar-refractivity contribution in [3.63, 3.8) is 0 Å². The van der Waals surface area contributed by atoms with Gasteiger partial charge in [0.05, 0.1) is 10.9 Å². The van der Waals surface area contributed by atoms with Gasteiger partial charge >= 0.3 is 0 Å². The van der Waals surface area contributed by atoms with Crippen LogP contribution in [0.15, 0.2) is 23.0 Å². The fourth-order valence-corrected chi connectivity index (χ4v) is 3.49. The standard InChI is InChI=1S/C17H21N3O2S/c1-3-12-6-4-5-9-20(12)15(21)11-7-8-13-14(10-11)18-17(23)19(2)16(13)22/h7-8,10,12H,3-6,9H2,1-2H3,(H,18,23). The van der Waals surface area contributed by atoms with Crippen molar-refractivity contribution in [2.24, 2.45) is 7.05 Å². The molecule has 1 aromatic carbocycles. The van der Waals surface area contributed by atoms with E-state index in [9.17, 15) is 9.59 Å². The molecule has 5 nitrogen and oxygen atoms in total. The van der Waals surface area contributed by atoms with Gasteiger partial charge in [-0.05, 0) is 56.1 Å². The van der Waals surface area contributed by atoms with Gasteiger partial charge in [0, 0.05) is 25.2 Å². The molecule has 1 aromatic heterocycles. The number of fused-ring (bicyclic) bond motifs is 1. The zero-order valence-corrected chi connectivity index (χ0v) is 14.3. The van der Waals surface area contributed by atoms with Gasteiger partial charge in [0.15, 0.2) is 4.77 Å². The third-order valence-corrected chi connectivity index (χ3v) is 5.08. The molecular weight excluding hydrogens is 310 g/mol. The summed E-state index contributed by atoms with van der Waals surface area (Å²) in [7, 11) is 1.64. The molecule has 23 heavy (non-hydrogen) atoms. The Labute approximate surface area is 139 Å². The maximum atomic E-state index is 12.9. The number of amides is 1. The number of hydrogen-bond donors (Lipinski definition) is 1. The number of benzene rings is 1. The summed E-state index contributed by atoms with van der Waals surface area (Å²) in [6, 6.07) is 5.51. The van der Waals surface area contributed by atoms with E-state index in [4.69, 9.17) is 12.2 Å². The highest BCUT2D eigenvalue weighted by molar-refractivity contribution is 7.71. The molecule has 0 bridgehead atoms. The van der Waals surface area contributed by atoms with Crippen LogP contribution < -0.4 is 5.56 Å². The predicted octanol–water partition coefficient (Wildman–Crippen LogP) is 3.00. The maximum absolute atomic E-state index is 12.9. The van der Waals surface area contributed by atoms with Gasteiger partial charge in [0.2, 0.25) is 0 Å². The second-order valence-electron chi connectivity index (χ2n) is 6.11. The van der Waals surface area contributed by atoms with Crippen molar-refractivity contribution in [1.82, 2.24) is 14.5 Å². The van der Waals surface area contributed by atoms with Crippen molar-refractivity contribution in [1.29, 1.82) is 0 Å². The molecule has 1 atom stereocenters. The molecular formula is C17H21N3O2S. The van der Waals surface area contributed by atoms with Crippen LogP contribution in [0.25, 0.3) is 10.9 Å². The number of nitrogens with one attached hydrogen (secondary N) is 1. The van der Waals surface area contributed by atoms with Crippen LogP contribution in [-0.2, 0) is 7.05 Å². The highest BCUT2D eigenvalue weighted by Gasteiger charge is 2.26. The molecule has 6 heteroatoms. The van der Waals surface area contributed by atoms with E-state index >= 15 is 0 Å². The molecule has 0 aliphatic carbocycles. The van der Waals surface area contributed by atoms with Gasteiger partial charge in [-0.3, -0.25) is 14.2 Å². The molecule has 0 saturated carbocycles. The number of carbonyl (C=O) groups excluding carboxylic acids is 1. The van der Waals surface area contributed by atoms with Crippen LogP contribution in [-0.4, -0.2) is 32.9 Å². The molecule has 3 rings (SSSR count). The first-order valence-electron chi connectivity index (χ1n) is 8.07. The third-order valence-electron chi connectivity index (χ3n) is 4.71. The Kier molecular flexibility index (Phi) is 4.35. The van der Waals surface area contributed by atoms with E-state index in [-0.39, 0.29) is 11.5 Å². The first-order valence-corrected chi connectivity index (χ1v) is 8.47. The molecule has 1 unspecified atom stereocenters. The zero-order valence-electron chi connectivity index (χ0n) is 13.5. The molecule has 1 N–H and O–H groups in total. The second-order valence-corrected chi connectivity index (χ2v) is 6.50. The Hall–Kier alpha value is -1.95. The van der Waals surface area contributed by atoms with Crippen molar-refractivity contribution >= 4 is 29.0 Å². The Morgan fingerprint density at radius 2 is 2.17 bits per heavy atom. The van der Waals surface area contributed by atoms with Gasteiger partial charge < -0.3 is 9.88 Å². The monoisotopic (exact) mass is 331 g/mol. The van der Waals surface area contributed by atoms with Gasteiger partial charge in [-0.2, -0.15) is 0 Å². The van der Waals surface area contributed by atoms with Crippen LogP contribution in [0.5, 0.6) is 0 Å². The van der Waals surface area contributed by atoms with E-state index in [1.165, 1.54) is 11.0 Å². The van der Waals surface area contributed by atoms with Crippen molar-refractivity contribution < 1.29 is 4.79 Å². The number of aromatic amines is 1. The molecule has 0 radical (unpaired) electrons. The maximum Gasteiger partial charge on any atom is 0.261 e. The fourth-order valence-electron chi connectivity index (χ4n) is 3.30. The van der Waals surface area contributed by atoms with Crippen LogP contribution in [0.2, 0.25) is 0 Å². The number of aromatic nitrogens is 2. The first-order chi connectivity index (χ1) is 11.0. The minimum atomic E-state index is -0.146. The van der Waals surface area contributed by atoms with Crippen LogP contribution in [0.3, 0.4) is 0 Å². The number of likely N-dealkylation sites (tertiary alicyclic amines) is 1. The molecule has 0 spiro atoms. The lowest BCUT2D eigenvalue weighted by Gasteiger charge is -2.35. The number of piperidine rings is 1. The van der Waals surface area contributed by atoms with E-state index in [1.807, 2.05) is 4.90 Å². The minimum Gasteiger partial charge on any atom is -0.336 e. The van der Waals surface area contributed by atoms with E-state index in [0.717, 1.165) is 25.8 Å². The molecule has 1 fully saturated rings. The van der Waals surface area contributed by atoms with Crippen LogP contribution in [0.4, 0.5) is 0 Å². The summed E-state index contributed by atoms with van der Waals surface area (Å²) in [5, 5.41) is 0.545. The minimum absolute atomic E-state index is 0.0402. The fraction of sp³-hybridized carbons (Fsp3) is 0.471. The summed E-state index contributed by atoms with van der Waals surface area (Å²) in [5.74, 6) is 0.0402. The Balaban J connectivity index is 2.03. The smallest absolute Gasteiger partial charge is 0.261 e. The Bertz CT molecular complexity index is 868. The molecule has 1 aliphatic rings. The average molecular weight is 331 g/mol. The molecule has 2 heterocycles. The number of carbonyl (C=O) groups is 1. The quantitative estimate of drug-likeness (QED) is 0.861. The van der Waals surface area contributed by atoms with Gasteiger partial charge in [-0.1, -0.05) is 6.92 Å². The van der Waals surface area contributed by atoms with Crippen molar-refractivity contribution in [2.45, 2.75) is 38.6 Å². The molecule has 122 valence electrons. The van der Waals surface area contributed by atoms with Gasteiger partial charge in [0.25, 0.3) is 11.5 Å². The molecule has 1 aliphatic heterocycles. The lowest BCUT2D eigenvalue weighted by Crippen LogP contribution is -2.43. The summed E-state index contributed by atoms with van der Waals surface area (Å²) in [6.07, 6.45) is 4.28. The van der Waals surface area contributed by atoms with E-state index in [1.54, 1.807) is 25.2 Å². The van der Waals surface area contributed by atoms with Gasteiger partial charge in [-0.15, -0.1) is 0 Å². The summed E-state index contributed by atoms with van der Waals surface area (Å²) in [4.78, 5) is 30.1. The summed E-state index contributed by atoms with van der Waals surface area (Å²) < 4.78 is 1.76. The third kappa shape index (κ3) is 2.83. The number of rotatable bonds is 2. The molecule has 1 amide bonds. The predicted molar refractivity (Wildman–Crippen MR) is 93.3 cm³/mol.